The maximum absolute atomic E-state index is 11.8. The average Bonchev–Trinajstić information content (AvgIpc) is 2.44. The van der Waals surface area contributed by atoms with Crippen LogP contribution in [0.1, 0.15) is 0 Å². The van der Waals surface area contributed by atoms with Gasteiger partial charge in [0.2, 0.25) is 0 Å². The third kappa shape index (κ3) is 7.49. The van der Waals surface area contributed by atoms with E-state index in [2.05, 4.69) is 5.32 Å². The van der Waals surface area contributed by atoms with E-state index >= 15 is 0 Å². The number of nitriles is 1. The summed E-state index contributed by atoms with van der Waals surface area (Å²) in [5.41, 5.74) is 0.196. The number of hydrogen-bond donors (Lipinski definition) is 2. The highest BCUT2D eigenvalue weighted by molar-refractivity contribution is 5.97. The van der Waals surface area contributed by atoms with Crippen molar-refractivity contribution < 1.29 is 27.9 Å². The number of carbonyl (C=O) groups is 2. The summed E-state index contributed by atoms with van der Waals surface area (Å²) >= 11 is 0. The smallest absolute Gasteiger partial charge is 0.475 e. The van der Waals surface area contributed by atoms with E-state index in [0.29, 0.717) is 13.1 Å². The summed E-state index contributed by atoms with van der Waals surface area (Å²) in [7, 11) is 3.59. The molecule has 10 heteroatoms. The van der Waals surface area contributed by atoms with Gasteiger partial charge in [-0.3, -0.25) is 4.79 Å². The molecule has 0 atom stereocenters. The topological polar surface area (TPSA) is 96.7 Å². The first kappa shape index (κ1) is 19.7. The minimum atomic E-state index is -5.08. The maximum atomic E-state index is 11.8. The highest BCUT2D eigenvalue weighted by atomic mass is 19.4. The van der Waals surface area contributed by atoms with Gasteiger partial charge < -0.3 is 20.2 Å². The number of halogens is 3. The number of carboxylic acids is 1. The molecular formula is C12H17F3N4O3. The molecule has 0 spiro atoms. The van der Waals surface area contributed by atoms with E-state index in [1.165, 1.54) is 0 Å². The molecule has 1 aliphatic rings. The summed E-state index contributed by atoms with van der Waals surface area (Å²) in [5.74, 6) is -2.93. The van der Waals surface area contributed by atoms with Gasteiger partial charge in [-0.15, -0.1) is 0 Å². The monoisotopic (exact) mass is 322 g/mol. The van der Waals surface area contributed by atoms with Gasteiger partial charge in [0.25, 0.3) is 5.91 Å². The molecule has 1 saturated heterocycles. The van der Waals surface area contributed by atoms with Gasteiger partial charge >= 0.3 is 12.1 Å². The lowest BCUT2D eigenvalue weighted by Gasteiger charge is -2.27. The highest BCUT2D eigenvalue weighted by Crippen LogP contribution is 2.13. The Kier molecular flexibility index (Phi) is 7.96. The number of aliphatic carboxylic acids is 1. The molecule has 1 heterocycles. The number of hydrogen-bond acceptors (Lipinski definition) is 5. The molecule has 1 amide bonds. The van der Waals surface area contributed by atoms with Crippen LogP contribution in [0.2, 0.25) is 0 Å². The van der Waals surface area contributed by atoms with Gasteiger partial charge in [-0.25, -0.2) is 4.79 Å². The Morgan fingerprint density at radius 2 is 1.77 bits per heavy atom. The zero-order valence-electron chi connectivity index (χ0n) is 12.1. The number of rotatable bonds is 2. The Morgan fingerprint density at radius 1 is 1.32 bits per heavy atom. The van der Waals surface area contributed by atoms with E-state index in [4.69, 9.17) is 15.2 Å². The van der Waals surface area contributed by atoms with E-state index in [0.717, 1.165) is 13.1 Å². The first-order chi connectivity index (χ1) is 10.1. The van der Waals surface area contributed by atoms with Gasteiger partial charge in [0.05, 0.1) is 0 Å². The van der Waals surface area contributed by atoms with Crippen molar-refractivity contribution in [3.05, 3.63) is 11.8 Å². The van der Waals surface area contributed by atoms with Gasteiger partial charge in [0.1, 0.15) is 11.6 Å². The molecule has 1 aliphatic heterocycles. The molecular weight excluding hydrogens is 305 g/mol. The van der Waals surface area contributed by atoms with Gasteiger partial charge in [-0.1, -0.05) is 0 Å². The molecule has 124 valence electrons. The number of alkyl halides is 3. The highest BCUT2D eigenvalue weighted by Gasteiger charge is 2.38. The first-order valence-electron chi connectivity index (χ1n) is 6.18. The number of piperazine rings is 1. The predicted molar refractivity (Wildman–Crippen MR) is 70.5 cm³/mol. The van der Waals surface area contributed by atoms with Gasteiger partial charge in [-0.2, -0.15) is 18.4 Å². The second-order valence-corrected chi connectivity index (χ2v) is 4.46. The Hall–Kier alpha value is -2.28. The van der Waals surface area contributed by atoms with Gasteiger partial charge in [0.15, 0.2) is 0 Å². The quantitative estimate of drug-likeness (QED) is 0.550. The van der Waals surface area contributed by atoms with Crippen molar-refractivity contribution in [3.63, 3.8) is 0 Å². The van der Waals surface area contributed by atoms with Crippen molar-refractivity contribution in [2.24, 2.45) is 0 Å². The second-order valence-electron chi connectivity index (χ2n) is 4.46. The number of nitrogens with zero attached hydrogens (tertiary/aromatic N) is 3. The minimum absolute atomic E-state index is 0.173. The number of carboxylic acid groups (broad SMARTS) is 1. The normalized spacial score (nSPS) is 15.3. The molecule has 0 saturated carbocycles. The average molecular weight is 322 g/mol. The molecule has 0 aromatic carbocycles. The van der Waals surface area contributed by atoms with Crippen LogP contribution in [-0.2, 0) is 9.59 Å². The van der Waals surface area contributed by atoms with Crippen LogP contribution in [0.4, 0.5) is 13.2 Å². The SMILES string of the molecule is CN(C)/C=C(\C#N)C(=O)N1CCNCC1.O=C(O)C(F)(F)F. The number of carbonyl (C=O) groups excluding carboxylic acids is 1. The maximum Gasteiger partial charge on any atom is 0.490 e. The fraction of sp³-hybridized carbons (Fsp3) is 0.583. The summed E-state index contributed by atoms with van der Waals surface area (Å²) < 4.78 is 31.7. The van der Waals surface area contributed by atoms with Crippen LogP contribution in [0.25, 0.3) is 0 Å². The van der Waals surface area contributed by atoms with Crippen molar-refractivity contribution in [2.75, 3.05) is 40.3 Å². The Labute approximate surface area is 125 Å². The van der Waals surface area contributed by atoms with Crippen molar-refractivity contribution >= 4 is 11.9 Å². The van der Waals surface area contributed by atoms with Crippen LogP contribution in [0.5, 0.6) is 0 Å². The van der Waals surface area contributed by atoms with E-state index in [1.54, 1.807) is 30.1 Å². The Morgan fingerprint density at radius 3 is 2.09 bits per heavy atom. The molecule has 1 fully saturated rings. The van der Waals surface area contributed by atoms with E-state index in [9.17, 15) is 18.0 Å². The zero-order chi connectivity index (χ0) is 17.3. The van der Waals surface area contributed by atoms with Crippen LogP contribution in [-0.4, -0.2) is 73.2 Å². The molecule has 2 N–H and O–H groups in total. The Balaban J connectivity index is 0.000000534. The lowest BCUT2D eigenvalue weighted by molar-refractivity contribution is -0.192. The fourth-order valence-electron chi connectivity index (χ4n) is 1.43. The van der Waals surface area contributed by atoms with Gasteiger partial charge in [-0.05, 0) is 0 Å². The number of amides is 1. The lowest BCUT2D eigenvalue weighted by Crippen LogP contribution is -2.46. The standard InChI is InChI=1S/C10H16N4O.C2HF3O2/c1-13(2)8-9(7-11)10(15)14-5-3-12-4-6-14;3-2(4,5)1(6)7/h8,12H,3-6H2,1-2H3;(H,6,7)/b9-8+;. The molecule has 0 aromatic heterocycles. The minimum Gasteiger partial charge on any atom is -0.475 e. The van der Waals surface area contributed by atoms with E-state index in [-0.39, 0.29) is 11.5 Å². The third-order valence-electron chi connectivity index (χ3n) is 2.38. The summed E-state index contributed by atoms with van der Waals surface area (Å²) in [4.78, 5) is 24.2. The molecule has 22 heavy (non-hydrogen) atoms. The summed E-state index contributed by atoms with van der Waals surface area (Å²) in [6.45, 7) is 2.94. The molecule has 1 rings (SSSR count). The van der Waals surface area contributed by atoms with Crippen LogP contribution in [0.15, 0.2) is 11.8 Å². The van der Waals surface area contributed by atoms with Crippen molar-refractivity contribution in [1.82, 2.24) is 15.1 Å². The van der Waals surface area contributed by atoms with Crippen LogP contribution in [0, 0.1) is 11.3 Å². The largest absolute Gasteiger partial charge is 0.490 e. The predicted octanol–water partition coefficient (Wildman–Crippen LogP) is 0.0206. The van der Waals surface area contributed by atoms with Crippen molar-refractivity contribution in [2.45, 2.75) is 6.18 Å². The third-order valence-corrected chi connectivity index (χ3v) is 2.38. The molecule has 0 unspecified atom stereocenters. The van der Waals surface area contributed by atoms with E-state index in [1.807, 2.05) is 6.07 Å². The molecule has 0 aromatic rings. The molecule has 0 radical (unpaired) electrons. The second kappa shape index (κ2) is 8.89. The van der Waals surface area contributed by atoms with Crippen molar-refractivity contribution in [1.29, 1.82) is 5.26 Å². The van der Waals surface area contributed by atoms with Crippen LogP contribution in [0.3, 0.4) is 0 Å². The van der Waals surface area contributed by atoms with Gasteiger partial charge in [0, 0.05) is 46.5 Å². The van der Waals surface area contributed by atoms with E-state index < -0.39 is 12.1 Å². The molecule has 0 aliphatic carbocycles. The lowest BCUT2D eigenvalue weighted by atomic mass is 10.2. The number of nitrogens with one attached hydrogen (secondary N) is 1. The summed E-state index contributed by atoms with van der Waals surface area (Å²) in [5, 5.41) is 19.2. The Bertz CT molecular complexity index is 463. The first-order valence-corrected chi connectivity index (χ1v) is 6.18. The summed E-state index contributed by atoms with van der Waals surface area (Å²) in [6, 6.07) is 1.94. The molecule has 7 nitrogen and oxygen atoms in total. The van der Waals surface area contributed by atoms with Crippen LogP contribution < -0.4 is 5.32 Å². The van der Waals surface area contributed by atoms with Crippen molar-refractivity contribution in [3.8, 4) is 6.07 Å². The summed E-state index contributed by atoms with van der Waals surface area (Å²) in [6.07, 6.45) is -3.52. The van der Waals surface area contributed by atoms with Crippen LogP contribution >= 0.6 is 0 Å². The fourth-order valence-corrected chi connectivity index (χ4v) is 1.43. The zero-order valence-corrected chi connectivity index (χ0v) is 12.1. The molecule has 0 bridgehead atoms.